The molecule has 0 aromatic rings. The first kappa shape index (κ1) is 101. The van der Waals surface area contributed by atoms with Gasteiger partial charge in [-0.3, -0.25) is 33.0 Å². The van der Waals surface area contributed by atoms with Gasteiger partial charge in [0.25, 0.3) is 0 Å². The van der Waals surface area contributed by atoms with Crippen LogP contribution in [0.5, 0.6) is 0 Å². The number of hydrogen-bond donors (Lipinski definition) is 11. The molecule has 26 nitrogen and oxygen atoms in total. The van der Waals surface area contributed by atoms with Crippen molar-refractivity contribution in [1.82, 2.24) is 10.6 Å². The number of unbranched alkanes of at least 4 members (excludes halogenated alkanes) is 40. The minimum absolute atomic E-state index is 0.0871. The van der Waals surface area contributed by atoms with Crippen LogP contribution in [0.2, 0.25) is 0 Å². The van der Waals surface area contributed by atoms with Crippen molar-refractivity contribution in [1.29, 1.82) is 0 Å². The van der Waals surface area contributed by atoms with Crippen molar-refractivity contribution in [2.24, 2.45) is 0 Å². The average molecular weight is 1590 g/mol. The van der Waals surface area contributed by atoms with E-state index in [1.54, 1.807) is 0 Å². The zero-order chi connectivity index (χ0) is 79.6. The Bertz CT molecular complexity index is 2370. The largest absolute Gasteiger partial charge is 0.472 e. The molecule has 636 valence electrons. The zero-order valence-electron chi connectivity index (χ0n) is 67.2. The van der Waals surface area contributed by atoms with Crippen LogP contribution >= 0.6 is 15.6 Å². The molecule has 2 fully saturated rings. The van der Waals surface area contributed by atoms with Crippen molar-refractivity contribution < 1.29 is 116 Å². The second-order valence-corrected chi connectivity index (χ2v) is 33.2. The SMILES string of the molecule is CCCCCCCCCCCC(=O)OC(CCCCCCCCCCC)CC(=O)O[C@H]1C(OP(=O)(O)O)C(CO)O[C@@H](OCC2OC(OP(=O)(O)O)C(NC(=O)CC(O)CCCCCCCCCCC)[C@@H](OC(=O)CC(O)CCCCCCCCCCC)[C@@H]2O)C1NC(=O)CC(O)CCCCCCCCCCC. The highest BCUT2D eigenvalue weighted by Gasteiger charge is 2.55. The summed E-state index contributed by atoms with van der Waals surface area (Å²) in [7, 11) is -11.3. The van der Waals surface area contributed by atoms with Gasteiger partial charge in [-0.25, -0.2) is 9.13 Å². The summed E-state index contributed by atoms with van der Waals surface area (Å²) in [5.74, 6) is -4.53. The van der Waals surface area contributed by atoms with Crippen LogP contribution in [-0.4, -0.2) is 174 Å². The van der Waals surface area contributed by atoms with Crippen LogP contribution in [0.3, 0.4) is 0 Å². The molecule has 108 heavy (non-hydrogen) atoms. The highest BCUT2D eigenvalue weighted by molar-refractivity contribution is 7.46. The summed E-state index contributed by atoms with van der Waals surface area (Å²) in [6.45, 7) is 8.70. The fourth-order valence-corrected chi connectivity index (χ4v) is 15.3. The number of aliphatic hydroxyl groups is 5. The van der Waals surface area contributed by atoms with Gasteiger partial charge in [-0.15, -0.1) is 0 Å². The monoisotopic (exact) mass is 1590 g/mol. The van der Waals surface area contributed by atoms with E-state index < -0.39 is 170 Å². The standard InChI is InChI=1S/C80H152N2O24P2/c1-6-11-16-21-26-31-36-41-46-51-62(84)56-68(87)81-73-77(103-71(90)58-64(86)53-48-43-38-33-28-23-18-13-8-3)75(92)67(102-80(73)106-108(96,97)98)61-99-79-74(82-69(88)57-63(85)52-47-42-37-32-27-22-17-12-7-2)78(76(66(60-83)101-79)105-107(93,94)95)104-72(91)59-65(54-49-44-39-34-29-24-19-14-9-4)100-70(89)55-50-45-40-35-30-25-20-15-10-5/h62-67,73-80,83-86,92H,6-61H2,1-5H3,(H,81,87)(H,82,88)(H2,93,94,95)(H2,96,97,98)/t62?,63?,64?,65?,66?,67?,73?,74?,75-,76?,77-,78-,79-,80?/m1/s1. The molecule has 11 N–H and O–H groups in total. The van der Waals surface area contributed by atoms with Crippen LogP contribution in [0, 0.1) is 0 Å². The van der Waals surface area contributed by atoms with E-state index in [2.05, 4.69) is 45.3 Å². The smallest absolute Gasteiger partial charge is 0.462 e. The summed E-state index contributed by atoms with van der Waals surface area (Å²) in [5, 5.41) is 62.0. The molecule has 2 saturated heterocycles. The first-order valence-electron chi connectivity index (χ1n) is 42.8. The van der Waals surface area contributed by atoms with Crippen LogP contribution in [0.4, 0.5) is 0 Å². The summed E-state index contributed by atoms with van der Waals surface area (Å²) in [5.41, 5.74) is 0. The molecular weight excluding hydrogens is 1430 g/mol. The number of ether oxygens (including phenoxy) is 6. The van der Waals surface area contributed by atoms with Crippen molar-refractivity contribution >= 4 is 45.4 Å². The molecule has 0 aromatic carbocycles. The van der Waals surface area contributed by atoms with Crippen molar-refractivity contribution in [2.45, 2.75) is 467 Å². The molecule has 0 radical (unpaired) electrons. The van der Waals surface area contributed by atoms with E-state index in [-0.39, 0.29) is 32.1 Å². The molecule has 2 amide bonds. The van der Waals surface area contributed by atoms with Crippen LogP contribution < -0.4 is 10.6 Å². The van der Waals surface area contributed by atoms with Gasteiger partial charge in [0.05, 0.1) is 57.2 Å². The van der Waals surface area contributed by atoms with Gasteiger partial charge in [0, 0.05) is 6.42 Å². The van der Waals surface area contributed by atoms with Gasteiger partial charge >= 0.3 is 33.6 Å². The number of esters is 3. The fourth-order valence-electron chi connectivity index (χ4n) is 14.3. The number of rotatable bonds is 71. The predicted octanol–water partition coefficient (Wildman–Crippen LogP) is 15.3. The number of phosphoric ester groups is 2. The summed E-state index contributed by atoms with van der Waals surface area (Å²) < 4.78 is 72.6. The topological polar surface area (TPSA) is 399 Å². The average Bonchev–Trinajstić information content (AvgIpc) is 0.780. The Balaban J connectivity index is 2.68. The van der Waals surface area contributed by atoms with E-state index in [9.17, 15) is 78.2 Å². The molecule has 14 atom stereocenters. The second-order valence-electron chi connectivity index (χ2n) is 30.8. The number of phosphoric acid groups is 2. The van der Waals surface area contributed by atoms with E-state index in [0.717, 1.165) is 212 Å². The highest BCUT2D eigenvalue weighted by atomic mass is 31.2. The molecule has 0 aliphatic carbocycles. The van der Waals surface area contributed by atoms with E-state index in [1.165, 1.54) is 44.9 Å². The van der Waals surface area contributed by atoms with Crippen molar-refractivity contribution in [3.8, 4) is 0 Å². The van der Waals surface area contributed by atoms with Crippen molar-refractivity contribution in [2.75, 3.05) is 13.2 Å². The van der Waals surface area contributed by atoms with Crippen molar-refractivity contribution in [3.63, 3.8) is 0 Å². The van der Waals surface area contributed by atoms with Gasteiger partial charge in [-0.1, -0.05) is 311 Å². The molecule has 0 aromatic heterocycles. The predicted molar refractivity (Wildman–Crippen MR) is 416 cm³/mol. The lowest BCUT2D eigenvalue weighted by atomic mass is 9.95. The highest BCUT2D eigenvalue weighted by Crippen LogP contribution is 2.44. The Hall–Kier alpha value is -2.75. The summed E-state index contributed by atoms with van der Waals surface area (Å²) >= 11 is 0. The third-order valence-electron chi connectivity index (χ3n) is 20.6. The lowest BCUT2D eigenvalue weighted by Gasteiger charge is -2.47. The summed E-state index contributed by atoms with van der Waals surface area (Å²) in [4.78, 5) is 112. The number of nitrogens with one attached hydrogen (secondary N) is 2. The zero-order valence-corrected chi connectivity index (χ0v) is 69.0. The number of carbonyl (C=O) groups excluding carboxylic acids is 5. The molecule has 28 heteroatoms. The third-order valence-corrected chi connectivity index (χ3v) is 21.6. The van der Waals surface area contributed by atoms with E-state index in [0.29, 0.717) is 32.1 Å². The molecular formula is C80H152N2O24P2. The van der Waals surface area contributed by atoms with Crippen LogP contribution in [0.1, 0.15) is 381 Å². The molecule has 0 bridgehead atoms. The molecule has 0 spiro atoms. The summed E-state index contributed by atoms with van der Waals surface area (Å²) in [6, 6.07) is -3.80. The van der Waals surface area contributed by atoms with Crippen molar-refractivity contribution in [3.05, 3.63) is 0 Å². The quantitative estimate of drug-likeness (QED) is 0.0117. The molecule has 10 unspecified atom stereocenters. The second kappa shape index (κ2) is 63.5. The Morgan fingerprint density at radius 1 is 0.380 bits per heavy atom. The summed E-state index contributed by atoms with van der Waals surface area (Å²) in [6.07, 6.45) is 22.7. The Morgan fingerprint density at radius 2 is 0.704 bits per heavy atom. The Morgan fingerprint density at radius 3 is 1.08 bits per heavy atom. The maximum Gasteiger partial charge on any atom is 0.472 e. The van der Waals surface area contributed by atoms with Crippen LogP contribution in [0.15, 0.2) is 0 Å². The number of amides is 2. The van der Waals surface area contributed by atoms with Gasteiger partial charge < -0.3 is 84.2 Å². The molecule has 2 aliphatic rings. The van der Waals surface area contributed by atoms with Gasteiger partial charge in [0.15, 0.2) is 24.8 Å². The third kappa shape index (κ3) is 51.2. The number of hydrogen-bond acceptors (Lipinski definition) is 20. The molecule has 0 saturated carbocycles. The first-order chi connectivity index (χ1) is 51.9. The van der Waals surface area contributed by atoms with E-state index in [4.69, 9.17) is 37.5 Å². The maximum atomic E-state index is 14.7. The van der Waals surface area contributed by atoms with Crippen LogP contribution in [-0.2, 0) is 70.6 Å². The van der Waals surface area contributed by atoms with Gasteiger partial charge in [0.1, 0.15) is 42.6 Å². The van der Waals surface area contributed by atoms with Crippen LogP contribution in [0.25, 0.3) is 0 Å². The molecule has 2 heterocycles. The van der Waals surface area contributed by atoms with Gasteiger partial charge in [-0.2, -0.15) is 0 Å². The lowest BCUT2D eigenvalue weighted by molar-refractivity contribution is -0.297. The Labute approximate surface area is 649 Å². The molecule has 2 aliphatic heterocycles. The lowest BCUT2D eigenvalue weighted by Crippen LogP contribution is -2.68. The minimum atomic E-state index is -5.64. The van der Waals surface area contributed by atoms with Gasteiger partial charge in [-0.05, 0) is 38.5 Å². The fraction of sp³-hybridized carbons (Fsp3) is 0.938. The van der Waals surface area contributed by atoms with E-state index in [1.807, 2.05) is 0 Å². The first-order valence-corrected chi connectivity index (χ1v) is 45.8. The minimum Gasteiger partial charge on any atom is -0.462 e. The molecule has 2 rings (SSSR count). The number of carbonyl (C=O) groups is 5. The Kier molecular flexibility index (Phi) is 59.6. The van der Waals surface area contributed by atoms with Gasteiger partial charge in [0.2, 0.25) is 11.8 Å². The number of aliphatic hydroxyl groups excluding tert-OH is 5. The normalized spacial score (nSPS) is 21.6. The maximum absolute atomic E-state index is 14.7. The van der Waals surface area contributed by atoms with E-state index >= 15 is 0 Å².